The first-order valence-electron chi connectivity index (χ1n) is 11.5. The minimum atomic E-state index is 0.269. The Kier molecular flexibility index (Phi) is 5.52. The first kappa shape index (κ1) is 20.1. The van der Waals surface area contributed by atoms with E-state index in [4.69, 9.17) is 18.9 Å². The van der Waals surface area contributed by atoms with Crippen molar-refractivity contribution in [2.75, 3.05) is 73.9 Å². The van der Waals surface area contributed by atoms with Crippen LogP contribution in [0.4, 0.5) is 22.7 Å². The van der Waals surface area contributed by atoms with Crippen molar-refractivity contribution in [1.29, 1.82) is 0 Å². The Morgan fingerprint density at radius 2 is 1.06 bits per heavy atom. The fourth-order valence-electron chi connectivity index (χ4n) is 3.83. The van der Waals surface area contributed by atoms with Crippen molar-refractivity contribution >= 4 is 22.7 Å². The lowest BCUT2D eigenvalue weighted by Gasteiger charge is -2.25. The van der Waals surface area contributed by atoms with E-state index in [0.717, 1.165) is 80.9 Å². The summed E-state index contributed by atoms with van der Waals surface area (Å²) in [6.45, 7) is 6.38. The summed E-state index contributed by atoms with van der Waals surface area (Å²) in [5.74, 6) is 0. The zero-order valence-electron chi connectivity index (χ0n) is 18.1. The van der Waals surface area contributed by atoms with E-state index in [9.17, 15) is 0 Å². The fraction of sp³-hybridized carbons (Fsp3) is 0.500. The third kappa shape index (κ3) is 5.10. The van der Waals surface area contributed by atoms with Crippen LogP contribution < -0.4 is 21.3 Å². The standard InChI is InChI=1S/C24H30N4O4/c1-2-4-15(5-3-1)20-6-21(25-7-16-11-29-16)23(27-9-18-13-31-18)24(28-10-19-14-32-19)22(20)26-8-17-12-30-17/h1-6,16-19,25-28H,7-14H2. The minimum Gasteiger partial charge on any atom is -0.381 e. The zero-order chi connectivity index (χ0) is 21.3. The molecule has 6 rings (SSSR count). The van der Waals surface area contributed by atoms with Crippen molar-refractivity contribution in [3.8, 4) is 11.1 Å². The lowest BCUT2D eigenvalue weighted by molar-refractivity contribution is 0.415. The Morgan fingerprint density at radius 1 is 0.594 bits per heavy atom. The Labute approximate surface area is 187 Å². The van der Waals surface area contributed by atoms with Gasteiger partial charge in [0, 0.05) is 31.7 Å². The predicted molar refractivity (Wildman–Crippen MR) is 125 cm³/mol. The summed E-state index contributed by atoms with van der Waals surface area (Å²) >= 11 is 0. The molecule has 4 unspecified atom stereocenters. The van der Waals surface area contributed by atoms with Crippen molar-refractivity contribution in [3.63, 3.8) is 0 Å². The molecule has 0 saturated carbocycles. The van der Waals surface area contributed by atoms with Crippen LogP contribution in [-0.2, 0) is 18.9 Å². The third-order valence-corrected chi connectivity index (χ3v) is 6.06. The van der Waals surface area contributed by atoms with Crippen LogP contribution in [-0.4, -0.2) is 77.0 Å². The monoisotopic (exact) mass is 438 g/mol. The van der Waals surface area contributed by atoms with Gasteiger partial charge < -0.3 is 40.2 Å². The van der Waals surface area contributed by atoms with Gasteiger partial charge in [-0.25, -0.2) is 0 Å². The molecule has 0 aromatic heterocycles. The maximum Gasteiger partial charge on any atom is 0.0981 e. The normalized spacial score (nSPS) is 26.9. The second-order valence-electron chi connectivity index (χ2n) is 8.81. The fourth-order valence-corrected chi connectivity index (χ4v) is 3.83. The van der Waals surface area contributed by atoms with Gasteiger partial charge in [-0.05, 0) is 11.6 Å². The Morgan fingerprint density at radius 3 is 1.59 bits per heavy atom. The molecule has 4 fully saturated rings. The first-order valence-corrected chi connectivity index (χ1v) is 11.5. The van der Waals surface area contributed by atoms with E-state index in [1.54, 1.807) is 0 Å². The number of epoxide rings is 4. The van der Waals surface area contributed by atoms with Gasteiger partial charge in [0.05, 0.1) is 73.6 Å². The maximum absolute atomic E-state index is 5.48. The summed E-state index contributed by atoms with van der Waals surface area (Å²) in [5.41, 5.74) is 6.58. The Bertz CT molecular complexity index is 941. The van der Waals surface area contributed by atoms with E-state index < -0.39 is 0 Å². The maximum atomic E-state index is 5.48. The molecule has 8 heteroatoms. The van der Waals surface area contributed by atoms with Gasteiger partial charge in [0.1, 0.15) is 0 Å². The predicted octanol–water partition coefficient (Wildman–Crippen LogP) is 2.60. The van der Waals surface area contributed by atoms with Gasteiger partial charge in [-0.1, -0.05) is 30.3 Å². The van der Waals surface area contributed by atoms with Crippen LogP contribution in [0.5, 0.6) is 0 Å². The van der Waals surface area contributed by atoms with Gasteiger partial charge in [0.15, 0.2) is 0 Å². The van der Waals surface area contributed by atoms with E-state index in [0.29, 0.717) is 0 Å². The van der Waals surface area contributed by atoms with Crippen LogP contribution in [0, 0.1) is 0 Å². The molecular formula is C24H30N4O4. The van der Waals surface area contributed by atoms with E-state index in [2.05, 4.69) is 51.6 Å². The topological polar surface area (TPSA) is 98.2 Å². The lowest BCUT2D eigenvalue weighted by atomic mass is 9.99. The molecule has 4 heterocycles. The smallest absolute Gasteiger partial charge is 0.0981 e. The number of ether oxygens (including phenoxy) is 4. The van der Waals surface area contributed by atoms with Crippen molar-refractivity contribution < 1.29 is 18.9 Å². The molecule has 8 nitrogen and oxygen atoms in total. The molecule has 0 aliphatic carbocycles. The van der Waals surface area contributed by atoms with Crippen LogP contribution in [0.3, 0.4) is 0 Å². The molecule has 0 amide bonds. The van der Waals surface area contributed by atoms with E-state index in [1.165, 1.54) is 5.56 Å². The van der Waals surface area contributed by atoms with E-state index in [-0.39, 0.29) is 24.4 Å². The number of hydrogen-bond acceptors (Lipinski definition) is 8. The summed E-state index contributed by atoms with van der Waals surface area (Å²) < 4.78 is 21.9. The van der Waals surface area contributed by atoms with Crippen molar-refractivity contribution in [1.82, 2.24) is 0 Å². The number of anilines is 4. The summed E-state index contributed by atoms with van der Waals surface area (Å²) in [6, 6.07) is 12.8. The van der Waals surface area contributed by atoms with Crippen molar-refractivity contribution in [2.45, 2.75) is 24.4 Å². The summed E-state index contributed by atoms with van der Waals surface area (Å²) in [7, 11) is 0. The quantitative estimate of drug-likeness (QED) is 0.354. The van der Waals surface area contributed by atoms with Gasteiger partial charge in [0.2, 0.25) is 0 Å². The van der Waals surface area contributed by atoms with Gasteiger partial charge in [-0.15, -0.1) is 0 Å². The van der Waals surface area contributed by atoms with E-state index in [1.807, 2.05) is 6.07 Å². The molecule has 0 bridgehead atoms. The first-order chi connectivity index (χ1) is 15.8. The largest absolute Gasteiger partial charge is 0.381 e. The SMILES string of the molecule is c1ccc(-c2cc(NCC3CO3)c(NCC3CO3)c(NCC3CO3)c2NCC2CO2)cc1. The Balaban J connectivity index is 1.41. The summed E-state index contributed by atoms with van der Waals surface area (Å²) in [6.07, 6.45) is 1.11. The van der Waals surface area contributed by atoms with Crippen LogP contribution in [0.15, 0.2) is 36.4 Å². The highest BCUT2D eigenvalue weighted by Gasteiger charge is 2.29. The molecule has 0 radical (unpaired) electrons. The van der Waals surface area contributed by atoms with Crippen molar-refractivity contribution in [3.05, 3.63) is 36.4 Å². The molecule has 4 atom stereocenters. The molecular weight excluding hydrogens is 408 g/mol. The van der Waals surface area contributed by atoms with Crippen molar-refractivity contribution in [2.24, 2.45) is 0 Å². The van der Waals surface area contributed by atoms with Gasteiger partial charge in [-0.3, -0.25) is 0 Å². The van der Waals surface area contributed by atoms with Gasteiger partial charge in [0.25, 0.3) is 0 Å². The summed E-state index contributed by atoms with van der Waals surface area (Å²) in [4.78, 5) is 0. The molecule has 4 aliphatic heterocycles. The molecule has 4 saturated heterocycles. The zero-order valence-corrected chi connectivity index (χ0v) is 18.1. The molecule has 32 heavy (non-hydrogen) atoms. The average Bonchev–Trinajstić information content (AvgIpc) is 3.65. The molecule has 4 aliphatic rings. The van der Waals surface area contributed by atoms with Crippen LogP contribution in [0.2, 0.25) is 0 Å². The van der Waals surface area contributed by atoms with E-state index >= 15 is 0 Å². The second-order valence-corrected chi connectivity index (χ2v) is 8.81. The highest BCUT2D eigenvalue weighted by Crippen LogP contribution is 2.45. The number of benzene rings is 2. The second kappa shape index (κ2) is 8.78. The van der Waals surface area contributed by atoms with Gasteiger partial charge in [-0.2, -0.15) is 0 Å². The molecule has 170 valence electrons. The van der Waals surface area contributed by atoms with Crippen LogP contribution in [0.1, 0.15) is 0 Å². The third-order valence-electron chi connectivity index (χ3n) is 6.06. The molecule has 2 aromatic carbocycles. The minimum absolute atomic E-state index is 0.269. The molecule has 4 N–H and O–H groups in total. The number of hydrogen-bond donors (Lipinski definition) is 4. The van der Waals surface area contributed by atoms with Crippen LogP contribution >= 0.6 is 0 Å². The Hall–Kier alpha value is -2.52. The average molecular weight is 439 g/mol. The van der Waals surface area contributed by atoms with Crippen LogP contribution in [0.25, 0.3) is 11.1 Å². The molecule has 0 spiro atoms. The molecule has 2 aromatic rings. The lowest BCUT2D eigenvalue weighted by Crippen LogP contribution is -2.19. The van der Waals surface area contributed by atoms with Gasteiger partial charge >= 0.3 is 0 Å². The number of rotatable bonds is 13. The number of nitrogens with one attached hydrogen (secondary N) is 4. The highest BCUT2D eigenvalue weighted by atomic mass is 16.6. The highest BCUT2D eigenvalue weighted by molar-refractivity contribution is 6.00. The summed E-state index contributed by atoms with van der Waals surface area (Å²) in [5, 5.41) is 14.6.